The number of aromatic nitrogens is 2. The summed E-state index contributed by atoms with van der Waals surface area (Å²) in [5.74, 6) is 0.968. The Morgan fingerprint density at radius 1 is 0.964 bits per heavy atom. The first kappa shape index (κ1) is 19.2. The van der Waals surface area contributed by atoms with Gasteiger partial charge in [-0.05, 0) is 31.2 Å². The number of aryl methyl sites for hydroxylation is 1. The fraction of sp³-hybridized carbons (Fsp3) is 0.250. The van der Waals surface area contributed by atoms with Gasteiger partial charge in [-0.1, -0.05) is 22.9 Å². The van der Waals surface area contributed by atoms with Crippen LogP contribution in [0.25, 0.3) is 11.5 Å². The molecular weight excluding hydrogens is 364 g/mol. The molecule has 0 saturated carbocycles. The number of methoxy groups -OCH3 is 3. The van der Waals surface area contributed by atoms with E-state index in [1.54, 1.807) is 6.07 Å². The highest BCUT2D eigenvalue weighted by molar-refractivity contribution is 5.94. The molecule has 3 aromatic rings. The van der Waals surface area contributed by atoms with Gasteiger partial charge in [-0.25, -0.2) is 4.79 Å². The molecule has 0 N–H and O–H groups in total. The number of hydrogen-bond donors (Lipinski definition) is 0. The number of rotatable bonds is 7. The van der Waals surface area contributed by atoms with Gasteiger partial charge in [0.25, 0.3) is 5.89 Å². The molecule has 1 aromatic heterocycles. The Kier molecular flexibility index (Phi) is 5.78. The van der Waals surface area contributed by atoms with E-state index in [2.05, 4.69) is 10.1 Å². The highest BCUT2D eigenvalue weighted by atomic mass is 16.5. The molecule has 0 bridgehead atoms. The smallest absolute Gasteiger partial charge is 0.342 e. The van der Waals surface area contributed by atoms with Crippen molar-refractivity contribution in [2.75, 3.05) is 21.3 Å². The molecule has 0 amide bonds. The van der Waals surface area contributed by atoms with Crippen molar-refractivity contribution in [1.29, 1.82) is 0 Å². The maximum Gasteiger partial charge on any atom is 0.342 e. The Balaban J connectivity index is 1.73. The summed E-state index contributed by atoms with van der Waals surface area (Å²) in [6.45, 7) is 1.84. The van der Waals surface area contributed by atoms with Gasteiger partial charge in [0.15, 0.2) is 18.1 Å². The molecule has 0 aliphatic rings. The van der Waals surface area contributed by atoms with Crippen LogP contribution in [-0.2, 0) is 11.3 Å². The monoisotopic (exact) mass is 384 g/mol. The van der Waals surface area contributed by atoms with Crippen LogP contribution in [-0.4, -0.2) is 37.4 Å². The quantitative estimate of drug-likeness (QED) is 0.572. The largest absolute Gasteiger partial charge is 0.493 e. The number of hydrogen-bond acceptors (Lipinski definition) is 8. The summed E-state index contributed by atoms with van der Waals surface area (Å²) in [7, 11) is 4.39. The van der Waals surface area contributed by atoms with Crippen LogP contribution in [0, 0.1) is 6.92 Å². The zero-order chi connectivity index (χ0) is 20.1. The Hall–Kier alpha value is -3.55. The van der Waals surface area contributed by atoms with Gasteiger partial charge < -0.3 is 23.5 Å². The Labute approximate surface area is 162 Å². The molecule has 3 rings (SSSR count). The van der Waals surface area contributed by atoms with E-state index in [0.717, 1.165) is 11.1 Å². The van der Waals surface area contributed by atoms with E-state index in [1.807, 2.05) is 31.2 Å². The van der Waals surface area contributed by atoms with Crippen molar-refractivity contribution in [3.8, 4) is 28.7 Å². The third-order valence-electron chi connectivity index (χ3n) is 4.02. The average Bonchev–Trinajstić information content (AvgIpc) is 3.20. The van der Waals surface area contributed by atoms with Gasteiger partial charge >= 0.3 is 5.97 Å². The first-order valence-corrected chi connectivity index (χ1v) is 8.43. The standard InChI is InChI=1S/C20H20N2O6/c1-12-5-7-13(8-6-12)19-21-16(22-28-19)11-27-20(23)14-9-10-15(24-2)18(26-4)17(14)25-3/h5-10H,11H2,1-4H3. The van der Waals surface area contributed by atoms with Crippen LogP contribution < -0.4 is 14.2 Å². The van der Waals surface area contributed by atoms with E-state index in [9.17, 15) is 4.79 Å². The van der Waals surface area contributed by atoms with Crippen molar-refractivity contribution in [3.05, 3.63) is 53.3 Å². The summed E-state index contributed by atoms with van der Waals surface area (Å²) in [5, 5.41) is 3.85. The molecule has 0 saturated heterocycles. The maximum absolute atomic E-state index is 12.5. The highest BCUT2D eigenvalue weighted by Crippen LogP contribution is 2.40. The van der Waals surface area contributed by atoms with Gasteiger partial charge in [-0.3, -0.25) is 0 Å². The van der Waals surface area contributed by atoms with Crippen molar-refractivity contribution in [1.82, 2.24) is 10.1 Å². The van der Waals surface area contributed by atoms with Crippen LogP contribution in [0.15, 0.2) is 40.9 Å². The van der Waals surface area contributed by atoms with Crippen molar-refractivity contribution in [3.63, 3.8) is 0 Å². The fourth-order valence-corrected chi connectivity index (χ4v) is 2.60. The molecule has 0 aliphatic carbocycles. The summed E-state index contributed by atoms with van der Waals surface area (Å²) in [6.07, 6.45) is 0. The van der Waals surface area contributed by atoms with Crippen LogP contribution in [0.2, 0.25) is 0 Å². The molecule has 146 valence electrons. The third-order valence-corrected chi connectivity index (χ3v) is 4.02. The van der Waals surface area contributed by atoms with E-state index in [-0.39, 0.29) is 23.7 Å². The van der Waals surface area contributed by atoms with Crippen molar-refractivity contribution in [2.45, 2.75) is 13.5 Å². The zero-order valence-corrected chi connectivity index (χ0v) is 16.0. The van der Waals surface area contributed by atoms with E-state index in [0.29, 0.717) is 17.4 Å². The first-order chi connectivity index (χ1) is 13.6. The molecule has 28 heavy (non-hydrogen) atoms. The summed E-state index contributed by atoms with van der Waals surface area (Å²) in [4.78, 5) is 16.7. The number of carbonyl (C=O) groups is 1. The molecular formula is C20H20N2O6. The van der Waals surface area contributed by atoms with E-state index < -0.39 is 5.97 Å². The van der Waals surface area contributed by atoms with Crippen molar-refractivity contribution < 1.29 is 28.3 Å². The molecule has 8 nitrogen and oxygen atoms in total. The summed E-state index contributed by atoms with van der Waals surface area (Å²) < 4.78 is 26.3. The topological polar surface area (TPSA) is 92.9 Å². The average molecular weight is 384 g/mol. The normalized spacial score (nSPS) is 10.4. The summed E-state index contributed by atoms with van der Waals surface area (Å²) >= 11 is 0. The Morgan fingerprint density at radius 2 is 1.68 bits per heavy atom. The fourth-order valence-electron chi connectivity index (χ4n) is 2.60. The van der Waals surface area contributed by atoms with Crippen molar-refractivity contribution >= 4 is 5.97 Å². The predicted octanol–water partition coefficient (Wildman–Crippen LogP) is 3.43. The van der Waals surface area contributed by atoms with Gasteiger partial charge in [0.2, 0.25) is 11.6 Å². The van der Waals surface area contributed by atoms with Gasteiger partial charge in [-0.15, -0.1) is 0 Å². The van der Waals surface area contributed by atoms with Gasteiger partial charge in [-0.2, -0.15) is 4.98 Å². The molecule has 2 aromatic carbocycles. The molecule has 1 heterocycles. The lowest BCUT2D eigenvalue weighted by Gasteiger charge is -2.14. The minimum absolute atomic E-state index is 0.147. The second kappa shape index (κ2) is 8.43. The van der Waals surface area contributed by atoms with Crippen LogP contribution >= 0.6 is 0 Å². The Morgan fingerprint density at radius 3 is 2.32 bits per heavy atom. The lowest BCUT2D eigenvalue weighted by Crippen LogP contribution is -2.09. The zero-order valence-electron chi connectivity index (χ0n) is 16.0. The van der Waals surface area contributed by atoms with Gasteiger partial charge in [0.05, 0.1) is 21.3 Å². The number of ether oxygens (including phenoxy) is 4. The number of benzene rings is 2. The minimum Gasteiger partial charge on any atom is -0.493 e. The number of carbonyl (C=O) groups excluding carboxylic acids is 1. The molecule has 8 heteroatoms. The van der Waals surface area contributed by atoms with E-state index in [4.69, 9.17) is 23.5 Å². The summed E-state index contributed by atoms with van der Waals surface area (Å²) in [5.41, 5.74) is 2.11. The van der Waals surface area contributed by atoms with Crippen molar-refractivity contribution in [2.24, 2.45) is 0 Å². The lowest BCUT2D eigenvalue weighted by atomic mass is 10.1. The van der Waals surface area contributed by atoms with Crippen LogP contribution in [0.3, 0.4) is 0 Å². The molecule has 0 atom stereocenters. The van der Waals surface area contributed by atoms with Gasteiger partial charge in [0, 0.05) is 5.56 Å². The number of nitrogens with zero attached hydrogens (tertiary/aromatic N) is 2. The lowest BCUT2D eigenvalue weighted by molar-refractivity contribution is 0.0455. The second-order valence-electron chi connectivity index (χ2n) is 5.84. The highest BCUT2D eigenvalue weighted by Gasteiger charge is 2.22. The molecule has 0 spiro atoms. The third kappa shape index (κ3) is 3.90. The molecule has 0 aliphatic heterocycles. The van der Waals surface area contributed by atoms with Crippen LogP contribution in [0.4, 0.5) is 0 Å². The van der Waals surface area contributed by atoms with Crippen LogP contribution in [0.1, 0.15) is 21.7 Å². The molecule has 0 unspecified atom stereocenters. The number of esters is 1. The predicted molar refractivity (Wildman–Crippen MR) is 99.7 cm³/mol. The van der Waals surface area contributed by atoms with Crippen LogP contribution in [0.5, 0.6) is 17.2 Å². The second-order valence-corrected chi connectivity index (χ2v) is 5.84. The first-order valence-electron chi connectivity index (χ1n) is 8.43. The summed E-state index contributed by atoms with van der Waals surface area (Å²) in [6, 6.07) is 10.8. The maximum atomic E-state index is 12.5. The Bertz CT molecular complexity index is 965. The minimum atomic E-state index is -0.612. The van der Waals surface area contributed by atoms with Gasteiger partial charge in [0.1, 0.15) is 5.56 Å². The molecule has 0 fully saturated rings. The van der Waals surface area contributed by atoms with E-state index >= 15 is 0 Å². The SMILES string of the molecule is COc1ccc(C(=O)OCc2noc(-c3ccc(C)cc3)n2)c(OC)c1OC. The van der Waals surface area contributed by atoms with E-state index in [1.165, 1.54) is 27.4 Å². The molecule has 0 radical (unpaired) electrons.